The van der Waals surface area contributed by atoms with E-state index < -0.39 is 5.97 Å². The number of aromatic amines is 1. The Morgan fingerprint density at radius 2 is 1.92 bits per heavy atom. The van der Waals surface area contributed by atoms with Crippen molar-refractivity contribution < 1.29 is 14.7 Å². The van der Waals surface area contributed by atoms with E-state index in [1.807, 2.05) is 6.07 Å². The fourth-order valence-corrected chi connectivity index (χ4v) is 3.32. The third kappa shape index (κ3) is 4.49. The fraction of sp³-hybridized carbons (Fsp3) is 0.421. The Balaban J connectivity index is 1.50. The highest BCUT2D eigenvalue weighted by atomic mass is 16.4. The van der Waals surface area contributed by atoms with Gasteiger partial charge in [-0.15, -0.1) is 0 Å². The minimum atomic E-state index is -1.16. The van der Waals surface area contributed by atoms with Crippen molar-refractivity contribution in [2.45, 2.75) is 19.3 Å². The Morgan fingerprint density at radius 3 is 2.69 bits per heavy atom. The lowest BCUT2D eigenvalue weighted by Gasteiger charge is -2.21. The van der Waals surface area contributed by atoms with Gasteiger partial charge in [0.1, 0.15) is 0 Å². The molecule has 1 aliphatic heterocycles. The number of hydrogen-bond donors (Lipinski definition) is 2. The van der Waals surface area contributed by atoms with Gasteiger partial charge in [0.15, 0.2) is 11.4 Å². The average molecular weight is 356 g/mol. The number of carbonyl (C=O) groups is 2. The highest BCUT2D eigenvalue weighted by molar-refractivity contribution is 6.02. The maximum atomic E-state index is 12.6. The highest BCUT2D eigenvalue weighted by Gasteiger charge is 2.26. The van der Waals surface area contributed by atoms with Gasteiger partial charge in [0.05, 0.1) is 6.33 Å². The van der Waals surface area contributed by atoms with Gasteiger partial charge < -0.3 is 19.9 Å². The Kier molecular flexibility index (Phi) is 6.01. The van der Waals surface area contributed by atoms with Crippen molar-refractivity contribution in [2.24, 2.45) is 0 Å². The van der Waals surface area contributed by atoms with Crippen LogP contribution in [0.1, 0.15) is 39.4 Å². The average Bonchev–Trinajstić information content (AvgIpc) is 3.03. The zero-order chi connectivity index (χ0) is 18.4. The second-order valence-corrected chi connectivity index (χ2v) is 6.51. The summed E-state index contributed by atoms with van der Waals surface area (Å²) in [6, 6.07) is 10.4. The van der Waals surface area contributed by atoms with Crippen LogP contribution in [0.3, 0.4) is 0 Å². The van der Waals surface area contributed by atoms with E-state index in [0.29, 0.717) is 13.1 Å². The summed E-state index contributed by atoms with van der Waals surface area (Å²) in [5, 5.41) is 9.14. The van der Waals surface area contributed by atoms with Gasteiger partial charge >= 0.3 is 5.97 Å². The van der Waals surface area contributed by atoms with Crippen molar-refractivity contribution in [1.82, 2.24) is 19.8 Å². The molecule has 1 aromatic carbocycles. The molecule has 0 bridgehead atoms. The highest BCUT2D eigenvalue weighted by Crippen LogP contribution is 2.12. The van der Waals surface area contributed by atoms with Crippen LogP contribution in [0.5, 0.6) is 0 Å². The predicted molar refractivity (Wildman–Crippen MR) is 97.3 cm³/mol. The normalized spacial score (nSPS) is 15.6. The van der Waals surface area contributed by atoms with Crippen molar-refractivity contribution in [3.63, 3.8) is 0 Å². The zero-order valence-electron chi connectivity index (χ0n) is 14.7. The number of nitrogens with zero attached hydrogens (tertiary/aromatic N) is 3. The van der Waals surface area contributed by atoms with Gasteiger partial charge in [-0.05, 0) is 37.9 Å². The van der Waals surface area contributed by atoms with E-state index in [9.17, 15) is 9.59 Å². The molecular formula is C19H24N4O3. The van der Waals surface area contributed by atoms with Crippen LogP contribution in [0.15, 0.2) is 36.7 Å². The molecule has 1 fully saturated rings. The predicted octanol–water partition coefficient (Wildman–Crippen LogP) is 1.89. The van der Waals surface area contributed by atoms with Crippen LogP contribution >= 0.6 is 0 Å². The fourth-order valence-electron chi connectivity index (χ4n) is 3.32. The number of carboxylic acids is 1. The molecule has 0 aliphatic carbocycles. The van der Waals surface area contributed by atoms with Gasteiger partial charge in [-0.25, -0.2) is 9.78 Å². The Labute approximate surface area is 152 Å². The van der Waals surface area contributed by atoms with Crippen LogP contribution in [0.4, 0.5) is 0 Å². The van der Waals surface area contributed by atoms with Gasteiger partial charge in [0.2, 0.25) is 0 Å². The Bertz CT molecular complexity index is 744. The molecule has 2 N–H and O–H groups in total. The molecule has 2 aromatic rings. The molecule has 0 radical (unpaired) electrons. The molecule has 26 heavy (non-hydrogen) atoms. The van der Waals surface area contributed by atoms with E-state index in [0.717, 1.165) is 38.9 Å². The first-order valence-electron chi connectivity index (χ1n) is 8.97. The van der Waals surface area contributed by atoms with Gasteiger partial charge in [0.25, 0.3) is 5.91 Å². The number of nitrogens with one attached hydrogen (secondary N) is 1. The lowest BCUT2D eigenvalue weighted by Crippen LogP contribution is -2.36. The molecule has 7 heteroatoms. The van der Waals surface area contributed by atoms with Crippen molar-refractivity contribution in [1.29, 1.82) is 0 Å². The van der Waals surface area contributed by atoms with E-state index in [-0.39, 0.29) is 17.3 Å². The molecule has 0 atom stereocenters. The van der Waals surface area contributed by atoms with Crippen LogP contribution in [0.2, 0.25) is 0 Å². The van der Waals surface area contributed by atoms with E-state index in [1.165, 1.54) is 11.9 Å². The number of hydrogen-bond acceptors (Lipinski definition) is 4. The summed E-state index contributed by atoms with van der Waals surface area (Å²) in [6.45, 7) is 3.97. The Morgan fingerprint density at radius 1 is 1.12 bits per heavy atom. The minimum absolute atomic E-state index is 0.00460. The number of amides is 1. The summed E-state index contributed by atoms with van der Waals surface area (Å²) in [4.78, 5) is 34.3. The number of aromatic nitrogens is 2. The van der Waals surface area contributed by atoms with Crippen LogP contribution in [0, 0.1) is 0 Å². The number of aromatic carboxylic acids is 1. The van der Waals surface area contributed by atoms with Gasteiger partial charge in [-0.1, -0.05) is 30.3 Å². The second-order valence-electron chi connectivity index (χ2n) is 6.51. The molecule has 1 amide bonds. The molecule has 0 spiro atoms. The Hall–Kier alpha value is -2.67. The summed E-state index contributed by atoms with van der Waals surface area (Å²) < 4.78 is 0. The topological polar surface area (TPSA) is 89.5 Å². The van der Waals surface area contributed by atoms with Crippen LogP contribution in [-0.4, -0.2) is 69.5 Å². The summed E-state index contributed by atoms with van der Waals surface area (Å²) in [5.74, 6) is -1.47. The van der Waals surface area contributed by atoms with Crippen molar-refractivity contribution in [3.8, 4) is 0 Å². The maximum Gasteiger partial charge on any atom is 0.354 e. The number of rotatable bonds is 6. The quantitative estimate of drug-likeness (QED) is 0.825. The minimum Gasteiger partial charge on any atom is -0.477 e. The van der Waals surface area contributed by atoms with E-state index in [2.05, 4.69) is 39.1 Å². The molecule has 2 heterocycles. The maximum absolute atomic E-state index is 12.6. The summed E-state index contributed by atoms with van der Waals surface area (Å²) >= 11 is 0. The monoisotopic (exact) mass is 356 g/mol. The number of imidazole rings is 1. The molecule has 1 aromatic heterocycles. The first kappa shape index (κ1) is 18.1. The van der Waals surface area contributed by atoms with Crippen LogP contribution in [0.25, 0.3) is 0 Å². The molecule has 138 valence electrons. The first-order valence-corrected chi connectivity index (χ1v) is 8.97. The third-order valence-electron chi connectivity index (χ3n) is 4.71. The van der Waals surface area contributed by atoms with Gasteiger partial charge in [-0.3, -0.25) is 4.79 Å². The molecule has 7 nitrogen and oxygen atoms in total. The number of carbonyl (C=O) groups excluding carboxylic acids is 1. The SMILES string of the molecule is O=C(O)c1[nH]cnc1C(=O)N1CCCN(CCCc2ccccc2)CC1. The number of benzene rings is 1. The number of aryl methyl sites for hydroxylation is 1. The van der Waals surface area contributed by atoms with E-state index in [4.69, 9.17) is 5.11 Å². The largest absolute Gasteiger partial charge is 0.477 e. The van der Waals surface area contributed by atoms with E-state index >= 15 is 0 Å². The molecule has 0 saturated carbocycles. The molecule has 1 aliphatic rings. The van der Waals surface area contributed by atoms with E-state index in [1.54, 1.807) is 4.90 Å². The van der Waals surface area contributed by atoms with Crippen molar-refractivity contribution in [2.75, 3.05) is 32.7 Å². The standard InChI is InChI=1S/C19H24N4O3/c24-18(16-17(19(25)26)21-14-20-16)23-11-5-10-22(12-13-23)9-4-8-15-6-2-1-3-7-15/h1-3,6-7,14H,4-5,8-13H2,(H,20,21)(H,25,26). The molecule has 0 unspecified atom stereocenters. The van der Waals surface area contributed by atoms with Crippen LogP contribution in [-0.2, 0) is 6.42 Å². The summed E-state index contributed by atoms with van der Waals surface area (Å²) in [5.41, 5.74) is 1.20. The second kappa shape index (κ2) is 8.62. The number of H-pyrrole nitrogens is 1. The molecule has 1 saturated heterocycles. The lowest BCUT2D eigenvalue weighted by atomic mass is 10.1. The zero-order valence-corrected chi connectivity index (χ0v) is 14.7. The summed E-state index contributed by atoms with van der Waals surface area (Å²) in [6.07, 6.45) is 4.27. The summed E-state index contributed by atoms with van der Waals surface area (Å²) in [7, 11) is 0. The lowest BCUT2D eigenvalue weighted by molar-refractivity contribution is 0.0669. The molecule has 3 rings (SSSR count). The van der Waals surface area contributed by atoms with Gasteiger partial charge in [0, 0.05) is 19.6 Å². The molecular weight excluding hydrogens is 332 g/mol. The van der Waals surface area contributed by atoms with Crippen molar-refractivity contribution >= 4 is 11.9 Å². The third-order valence-corrected chi connectivity index (χ3v) is 4.71. The first-order chi connectivity index (χ1) is 12.6. The van der Waals surface area contributed by atoms with Gasteiger partial charge in [-0.2, -0.15) is 0 Å². The number of carboxylic acid groups (broad SMARTS) is 1. The van der Waals surface area contributed by atoms with Crippen LogP contribution < -0.4 is 0 Å². The van der Waals surface area contributed by atoms with Crippen molar-refractivity contribution in [3.05, 3.63) is 53.6 Å². The smallest absolute Gasteiger partial charge is 0.354 e.